The number of nitrogens with one attached hydrogen (secondary N) is 1. The number of hydrogen-bond acceptors (Lipinski definition) is 2. The van der Waals surface area contributed by atoms with Gasteiger partial charge in [0.1, 0.15) is 0 Å². The van der Waals surface area contributed by atoms with Crippen LogP contribution in [-0.4, -0.2) is 41.7 Å². The molecule has 3 heteroatoms. The summed E-state index contributed by atoms with van der Waals surface area (Å²) in [4.78, 5) is 0. The minimum atomic E-state index is 0.276. The minimum absolute atomic E-state index is 0.276. The van der Waals surface area contributed by atoms with Gasteiger partial charge in [0.15, 0.2) is 0 Å². The van der Waals surface area contributed by atoms with Gasteiger partial charge in [-0.3, -0.25) is 0 Å². The van der Waals surface area contributed by atoms with Gasteiger partial charge in [0.2, 0.25) is 0 Å². The van der Waals surface area contributed by atoms with E-state index in [1.54, 1.807) is 16.9 Å². The van der Waals surface area contributed by atoms with Crippen LogP contribution in [-0.2, 0) is 0 Å². The van der Waals surface area contributed by atoms with Crippen LogP contribution in [0.2, 0.25) is 4.20 Å². The summed E-state index contributed by atoms with van der Waals surface area (Å²) in [5.74, 6) is 0. The molecule has 0 amide bonds. The topological polar surface area (TPSA) is 32.3 Å². The Labute approximate surface area is 64.5 Å². The van der Waals surface area contributed by atoms with Gasteiger partial charge in [-0.1, -0.05) is 0 Å². The van der Waals surface area contributed by atoms with E-state index in [1.807, 2.05) is 0 Å². The zero-order valence-corrected chi connectivity index (χ0v) is 7.98. The van der Waals surface area contributed by atoms with Crippen LogP contribution in [0.15, 0.2) is 0 Å². The molecule has 0 aromatic rings. The number of piperidine rings is 1. The molecule has 1 heterocycles. The summed E-state index contributed by atoms with van der Waals surface area (Å²) < 4.78 is 0.276. The Bertz CT molecular complexity index is 91.1. The van der Waals surface area contributed by atoms with Gasteiger partial charge in [0.05, 0.1) is 0 Å². The predicted octanol–water partition coefficient (Wildman–Crippen LogP) is -0.846. The first kappa shape index (κ1) is 7.58. The van der Waals surface area contributed by atoms with Crippen molar-refractivity contribution < 1.29 is 5.11 Å². The van der Waals surface area contributed by atoms with Crippen molar-refractivity contribution in [3.8, 4) is 0 Å². The summed E-state index contributed by atoms with van der Waals surface area (Å²) in [5, 5.41) is 12.2. The first-order valence-corrected chi connectivity index (χ1v) is 4.58. The van der Waals surface area contributed by atoms with Crippen LogP contribution in [0.4, 0.5) is 0 Å². The Morgan fingerprint density at radius 3 is 2.33 bits per heavy atom. The zero-order valence-electron chi connectivity index (χ0n) is 5.56. The maximum atomic E-state index is 8.94. The number of hydrogen-bond donors (Lipinski definition) is 2. The third-order valence-corrected chi connectivity index (χ3v) is 3.51. The van der Waals surface area contributed by atoms with Crippen LogP contribution in [0, 0.1) is 0 Å². The molecular formula is C6H14AsNO. The fraction of sp³-hybridized carbons (Fsp3) is 1.00. The van der Waals surface area contributed by atoms with Crippen LogP contribution in [0.25, 0.3) is 0 Å². The van der Waals surface area contributed by atoms with Gasteiger partial charge in [-0.2, -0.15) is 0 Å². The third kappa shape index (κ3) is 1.96. The summed E-state index contributed by atoms with van der Waals surface area (Å²) >= 11 is 1.69. The first-order chi connectivity index (χ1) is 4.27. The van der Waals surface area contributed by atoms with E-state index in [-0.39, 0.29) is 4.20 Å². The molecule has 0 aromatic carbocycles. The van der Waals surface area contributed by atoms with Crippen molar-refractivity contribution in [3.05, 3.63) is 0 Å². The molecule has 1 fully saturated rings. The molecule has 0 aliphatic carbocycles. The van der Waals surface area contributed by atoms with Gasteiger partial charge in [-0.05, 0) is 0 Å². The molecule has 0 radical (unpaired) electrons. The standard InChI is InChI=1S/C6H14AsNO/c7-6(5-9)1-3-8-4-2-6/h8-9H,1-5,7H2. The molecule has 2 nitrogen and oxygen atoms in total. The van der Waals surface area contributed by atoms with Gasteiger partial charge in [-0.25, -0.2) is 0 Å². The molecule has 0 bridgehead atoms. The van der Waals surface area contributed by atoms with Crippen molar-refractivity contribution in [1.82, 2.24) is 5.32 Å². The molecule has 1 unspecified atom stereocenters. The molecule has 0 spiro atoms. The summed E-state index contributed by atoms with van der Waals surface area (Å²) in [5.41, 5.74) is 0. The molecule has 1 aliphatic rings. The molecule has 0 aromatic heterocycles. The van der Waals surface area contributed by atoms with E-state index < -0.39 is 0 Å². The van der Waals surface area contributed by atoms with Crippen LogP contribution in [0.5, 0.6) is 0 Å². The molecule has 1 atom stereocenters. The van der Waals surface area contributed by atoms with Crippen LogP contribution in [0.3, 0.4) is 0 Å². The number of rotatable bonds is 1. The molecule has 1 aliphatic heterocycles. The summed E-state index contributed by atoms with van der Waals surface area (Å²) in [6.07, 6.45) is 2.28. The molecule has 9 heavy (non-hydrogen) atoms. The van der Waals surface area contributed by atoms with E-state index >= 15 is 0 Å². The van der Waals surface area contributed by atoms with Gasteiger partial charge in [0, 0.05) is 0 Å². The molecule has 54 valence electrons. The Hall–Kier alpha value is 0.478. The van der Waals surface area contributed by atoms with E-state index in [1.165, 1.54) is 0 Å². The van der Waals surface area contributed by atoms with Gasteiger partial charge in [0.25, 0.3) is 0 Å². The summed E-state index contributed by atoms with van der Waals surface area (Å²) in [6, 6.07) is 0. The Morgan fingerprint density at radius 1 is 1.44 bits per heavy atom. The normalized spacial score (nSPS) is 26.0. The van der Waals surface area contributed by atoms with Crippen molar-refractivity contribution in [2.45, 2.75) is 17.0 Å². The van der Waals surface area contributed by atoms with Gasteiger partial charge >= 0.3 is 64.0 Å². The van der Waals surface area contributed by atoms with Gasteiger partial charge < -0.3 is 0 Å². The average Bonchev–Trinajstić information content (AvgIpc) is 1.90. The second kappa shape index (κ2) is 3.05. The summed E-state index contributed by atoms with van der Waals surface area (Å²) in [6.45, 7) is 2.53. The van der Waals surface area contributed by atoms with E-state index in [0.717, 1.165) is 25.9 Å². The second-order valence-corrected chi connectivity index (χ2v) is 5.34. The van der Waals surface area contributed by atoms with Gasteiger partial charge in [-0.15, -0.1) is 0 Å². The van der Waals surface area contributed by atoms with E-state index in [2.05, 4.69) is 5.32 Å². The summed E-state index contributed by atoms with van der Waals surface area (Å²) in [7, 11) is 0. The quantitative estimate of drug-likeness (QED) is 0.529. The van der Waals surface area contributed by atoms with Crippen molar-refractivity contribution >= 4 is 16.9 Å². The maximum absolute atomic E-state index is 8.94. The zero-order chi connectivity index (χ0) is 6.74. The number of aliphatic hydroxyl groups is 1. The monoisotopic (exact) mass is 191 g/mol. The Balaban J connectivity index is 2.37. The SMILES string of the molecule is OCC1([AsH2])CCNCC1. The van der Waals surface area contributed by atoms with Crippen LogP contribution < -0.4 is 5.32 Å². The van der Waals surface area contributed by atoms with Crippen molar-refractivity contribution in [2.24, 2.45) is 0 Å². The van der Waals surface area contributed by atoms with Crippen molar-refractivity contribution in [2.75, 3.05) is 19.7 Å². The van der Waals surface area contributed by atoms with E-state index in [0.29, 0.717) is 6.61 Å². The fourth-order valence-electron chi connectivity index (χ4n) is 1.08. The van der Waals surface area contributed by atoms with E-state index in [4.69, 9.17) is 5.11 Å². The fourth-order valence-corrected chi connectivity index (χ4v) is 1.69. The van der Waals surface area contributed by atoms with Crippen LogP contribution in [0.1, 0.15) is 12.8 Å². The van der Waals surface area contributed by atoms with E-state index in [9.17, 15) is 0 Å². The number of aliphatic hydroxyl groups excluding tert-OH is 1. The average molecular weight is 191 g/mol. The van der Waals surface area contributed by atoms with Crippen molar-refractivity contribution in [3.63, 3.8) is 0 Å². The molecule has 0 saturated carbocycles. The molecule has 1 rings (SSSR count). The molecule has 1 saturated heterocycles. The Kier molecular flexibility index (Phi) is 2.57. The van der Waals surface area contributed by atoms with Crippen molar-refractivity contribution in [1.29, 1.82) is 0 Å². The Morgan fingerprint density at radius 2 is 2.00 bits per heavy atom. The predicted molar refractivity (Wildman–Crippen MR) is 40.4 cm³/mol. The third-order valence-electron chi connectivity index (χ3n) is 1.91. The van der Waals surface area contributed by atoms with Crippen LogP contribution >= 0.6 is 0 Å². The molecule has 2 N–H and O–H groups in total. The molecular weight excluding hydrogens is 177 g/mol. The second-order valence-electron chi connectivity index (χ2n) is 2.77. The first-order valence-electron chi connectivity index (χ1n) is 3.37.